The van der Waals surface area contributed by atoms with Crippen LogP contribution in [-0.2, 0) is 10.0 Å². The lowest BCUT2D eigenvalue weighted by Crippen LogP contribution is -2.41. The van der Waals surface area contributed by atoms with E-state index in [0.717, 1.165) is 17.0 Å². The van der Waals surface area contributed by atoms with Gasteiger partial charge in [-0.3, -0.25) is 4.90 Å². The molecule has 0 radical (unpaired) electrons. The molecule has 27 heavy (non-hydrogen) atoms. The number of para-hydroxylation sites is 1. The average molecular weight is 402 g/mol. The second-order valence-electron chi connectivity index (χ2n) is 5.15. The molecule has 0 saturated carbocycles. The third kappa shape index (κ3) is 5.00. The van der Waals surface area contributed by atoms with Gasteiger partial charge in [0.1, 0.15) is 10.6 Å². The summed E-state index contributed by atoms with van der Waals surface area (Å²) >= 11 is 0. The fraction of sp³-hybridized carbons (Fsp3) is 0.267. The third-order valence-electron chi connectivity index (χ3n) is 3.21. The zero-order valence-electron chi connectivity index (χ0n) is 14.5. The number of hydrogen-bond donors (Lipinski definition) is 1. The van der Waals surface area contributed by atoms with Gasteiger partial charge in [0.05, 0.1) is 7.11 Å². The lowest BCUT2D eigenvalue weighted by molar-refractivity contribution is -0.0517. The number of rotatable bonds is 6. The highest BCUT2D eigenvalue weighted by Crippen LogP contribution is 2.25. The van der Waals surface area contributed by atoms with Crippen molar-refractivity contribution in [3.05, 3.63) is 36.0 Å². The van der Waals surface area contributed by atoms with E-state index in [0.29, 0.717) is 5.69 Å². The van der Waals surface area contributed by atoms with Gasteiger partial charge in [-0.05, 0) is 19.1 Å². The number of sulfonamides is 1. The number of carbonyl (C=O) groups is 1. The Morgan fingerprint density at radius 3 is 2.56 bits per heavy atom. The van der Waals surface area contributed by atoms with E-state index in [4.69, 9.17) is 4.74 Å². The summed E-state index contributed by atoms with van der Waals surface area (Å²) in [6.45, 7) is -1.60. The molecule has 0 atom stereocenters. The molecule has 0 saturated heterocycles. The van der Waals surface area contributed by atoms with Crippen LogP contribution in [0.15, 0.2) is 35.2 Å². The Kier molecular flexibility index (Phi) is 6.10. The van der Waals surface area contributed by atoms with Crippen LogP contribution in [0.25, 0.3) is 0 Å². The molecule has 0 aliphatic carbocycles. The van der Waals surface area contributed by atoms with Crippen LogP contribution in [0.3, 0.4) is 0 Å². The first-order valence-electron chi connectivity index (χ1n) is 7.38. The number of urea groups is 1. The molecule has 0 unspecified atom stereocenters. The van der Waals surface area contributed by atoms with Crippen LogP contribution < -0.4 is 19.1 Å². The molecule has 2 rings (SSSR count). The van der Waals surface area contributed by atoms with Gasteiger partial charge in [0.15, 0.2) is 0 Å². The zero-order chi connectivity index (χ0) is 20.2. The van der Waals surface area contributed by atoms with Crippen LogP contribution in [0.2, 0.25) is 0 Å². The average Bonchev–Trinajstić information content (AvgIpc) is 2.59. The Labute approximate surface area is 154 Å². The molecule has 1 heterocycles. The van der Waals surface area contributed by atoms with Crippen LogP contribution in [-0.4, -0.2) is 45.2 Å². The molecular weight excluding hydrogens is 386 g/mol. The second-order valence-corrected chi connectivity index (χ2v) is 6.80. The molecule has 146 valence electrons. The van der Waals surface area contributed by atoms with Gasteiger partial charge in [-0.15, -0.1) is 0 Å². The molecule has 0 bridgehead atoms. The van der Waals surface area contributed by atoms with E-state index in [1.54, 1.807) is 11.6 Å². The number of carbonyl (C=O) groups excluding carboxylic acids is 1. The maximum Gasteiger partial charge on any atom is 0.387 e. The number of aryl methyl sites for hydroxylation is 1. The van der Waals surface area contributed by atoms with E-state index < -0.39 is 33.3 Å². The summed E-state index contributed by atoms with van der Waals surface area (Å²) in [5.41, 5.74) is 0.482. The monoisotopic (exact) mass is 402 g/mol. The van der Waals surface area contributed by atoms with Crippen molar-refractivity contribution in [3.8, 4) is 11.6 Å². The molecule has 12 heteroatoms. The van der Waals surface area contributed by atoms with Gasteiger partial charge in [0.25, 0.3) is 10.0 Å². The van der Waals surface area contributed by atoms with Gasteiger partial charge >= 0.3 is 12.6 Å². The standard InChI is InChI=1S/C15H16F2N4O5S/c1-9-8-12(25-3)19-14(18-9)21(2)15(22)20-27(23,24)11-7-5-4-6-10(11)26-13(16)17/h4-8,13H,1-3H3,(H,20,22). The van der Waals surface area contributed by atoms with E-state index in [1.807, 2.05) is 0 Å². The number of nitrogens with zero attached hydrogens (tertiary/aromatic N) is 3. The Morgan fingerprint density at radius 1 is 1.26 bits per heavy atom. The molecule has 0 spiro atoms. The lowest BCUT2D eigenvalue weighted by atomic mass is 10.3. The summed E-state index contributed by atoms with van der Waals surface area (Å²) in [5.74, 6) is -0.531. The molecule has 1 aromatic heterocycles. The van der Waals surface area contributed by atoms with E-state index in [1.165, 1.54) is 32.4 Å². The van der Waals surface area contributed by atoms with E-state index in [2.05, 4.69) is 14.7 Å². The first kappa shape index (κ1) is 20.3. The van der Waals surface area contributed by atoms with Crippen molar-refractivity contribution in [2.75, 3.05) is 19.1 Å². The summed E-state index contributed by atoms with van der Waals surface area (Å²) in [6, 6.07) is 5.11. The summed E-state index contributed by atoms with van der Waals surface area (Å²) in [4.78, 5) is 20.5. The summed E-state index contributed by atoms with van der Waals surface area (Å²) in [7, 11) is -1.89. The number of ether oxygens (including phenoxy) is 2. The van der Waals surface area contributed by atoms with Gasteiger partial charge in [0, 0.05) is 18.8 Å². The molecule has 0 aliphatic rings. The van der Waals surface area contributed by atoms with E-state index >= 15 is 0 Å². The number of alkyl halides is 2. The molecule has 0 fully saturated rings. The molecular formula is C15H16F2N4O5S. The smallest absolute Gasteiger partial charge is 0.387 e. The topological polar surface area (TPSA) is 111 Å². The van der Waals surface area contributed by atoms with Gasteiger partial charge in [0.2, 0.25) is 11.8 Å². The van der Waals surface area contributed by atoms with Crippen LogP contribution in [0.1, 0.15) is 5.69 Å². The number of anilines is 1. The Morgan fingerprint density at radius 2 is 1.93 bits per heavy atom. The lowest BCUT2D eigenvalue weighted by Gasteiger charge is -2.18. The minimum absolute atomic E-state index is 0.114. The Balaban J connectivity index is 2.28. The number of amides is 2. The number of benzene rings is 1. The summed E-state index contributed by atoms with van der Waals surface area (Å²) in [5, 5.41) is 0. The Hall–Kier alpha value is -3.02. The summed E-state index contributed by atoms with van der Waals surface area (Å²) in [6.07, 6.45) is 0. The highest BCUT2D eigenvalue weighted by molar-refractivity contribution is 7.90. The highest BCUT2D eigenvalue weighted by atomic mass is 32.2. The molecule has 9 nitrogen and oxygen atoms in total. The maximum absolute atomic E-state index is 12.5. The van der Waals surface area contributed by atoms with Crippen molar-refractivity contribution in [1.29, 1.82) is 0 Å². The van der Waals surface area contributed by atoms with Crippen molar-refractivity contribution >= 4 is 22.0 Å². The summed E-state index contributed by atoms with van der Waals surface area (Å²) < 4.78 is 60.7. The number of aromatic nitrogens is 2. The highest BCUT2D eigenvalue weighted by Gasteiger charge is 2.26. The second kappa shape index (κ2) is 8.12. The van der Waals surface area contributed by atoms with Crippen molar-refractivity contribution in [2.24, 2.45) is 0 Å². The van der Waals surface area contributed by atoms with Crippen molar-refractivity contribution in [2.45, 2.75) is 18.4 Å². The SMILES string of the molecule is COc1cc(C)nc(N(C)C(=O)NS(=O)(=O)c2ccccc2OC(F)F)n1. The van der Waals surface area contributed by atoms with Crippen LogP contribution in [0.5, 0.6) is 11.6 Å². The number of halogens is 2. The van der Waals surface area contributed by atoms with Crippen LogP contribution in [0.4, 0.5) is 19.5 Å². The minimum atomic E-state index is -4.50. The van der Waals surface area contributed by atoms with Crippen LogP contribution >= 0.6 is 0 Å². The van der Waals surface area contributed by atoms with Gasteiger partial charge in [-0.25, -0.2) is 22.9 Å². The van der Waals surface area contributed by atoms with Gasteiger partial charge in [-0.1, -0.05) is 12.1 Å². The quantitative estimate of drug-likeness (QED) is 0.786. The fourth-order valence-electron chi connectivity index (χ4n) is 1.97. The number of hydrogen-bond acceptors (Lipinski definition) is 7. The van der Waals surface area contributed by atoms with Gasteiger partial charge in [-0.2, -0.15) is 13.8 Å². The fourth-order valence-corrected chi connectivity index (χ4v) is 3.09. The molecule has 0 aliphatic heterocycles. The predicted molar refractivity (Wildman–Crippen MR) is 90.5 cm³/mol. The van der Waals surface area contributed by atoms with Crippen molar-refractivity contribution in [1.82, 2.24) is 14.7 Å². The molecule has 2 aromatic rings. The van der Waals surface area contributed by atoms with Crippen LogP contribution in [0, 0.1) is 6.92 Å². The van der Waals surface area contributed by atoms with Gasteiger partial charge < -0.3 is 9.47 Å². The first-order valence-corrected chi connectivity index (χ1v) is 8.86. The minimum Gasteiger partial charge on any atom is -0.481 e. The number of methoxy groups -OCH3 is 1. The van der Waals surface area contributed by atoms with Crippen molar-refractivity contribution < 1.29 is 31.5 Å². The molecule has 1 N–H and O–H groups in total. The largest absolute Gasteiger partial charge is 0.481 e. The normalized spacial score (nSPS) is 11.2. The van der Waals surface area contributed by atoms with Crippen molar-refractivity contribution in [3.63, 3.8) is 0 Å². The maximum atomic E-state index is 12.5. The van der Waals surface area contributed by atoms with E-state index in [-0.39, 0.29) is 11.8 Å². The Bertz CT molecular complexity index is 940. The van der Waals surface area contributed by atoms with E-state index in [9.17, 15) is 22.0 Å². The predicted octanol–water partition coefficient (Wildman–Crippen LogP) is 1.93. The third-order valence-corrected chi connectivity index (χ3v) is 4.57. The molecule has 1 aromatic carbocycles. The zero-order valence-corrected chi connectivity index (χ0v) is 15.3. The first-order chi connectivity index (χ1) is 12.6. The number of nitrogens with one attached hydrogen (secondary N) is 1. The molecule has 2 amide bonds.